The van der Waals surface area contributed by atoms with Crippen molar-refractivity contribution in [2.75, 3.05) is 6.54 Å². The van der Waals surface area contributed by atoms with Crippen LogP contribution in [-0.4, -0.2) is 40.0 Å². The second-order valence-corrected chi connectivity index (χ2v) is 8.46. The molecule has 7 nitrogen and oxygen atoms in total. The van der Waals surface area contributed by atoms with Crippen LogP contribution in [0.1, 0.15) is 18.9 Å². The highest BCUT2D eigenvalue weighted by molar-refractivity contribution is 7.90. The molecule has 1 amide bonds. The molecule has 9 heteroatoms. The molecule has 2 aromatic carbocycles. The quantitative estimate of drug-likeness (QED) is 0.647. The molecule has 2 N–H and O–H groups in total. The van der Waals surface area contributed by atoms with Crippen molar-refractivity contribution in [2.45, 2.75) is 30.7 Å². The fourth-order valence-electron chi connectivity index (χ4n) is 2.80. The van der Waals surface area contributed by atoms with Crippen LogP contribution < -0.4 is 5.73 Å². The number of rotatable bonds is 7. The molecule has 0 radical (unpaired) electrons. The van der Waals surface area contributed by atoms with Gasteiger partial charge in [0.2, 0.25) is 0 Å². The summed E-state index contributed by atoms with van der Waals surface area (Å²) in [5.74, 6) is -0.624. The maximum atomic E-state index is 13.2. The van der Waals surface area contributed by atoms with Crippen molar-refractivity contribution in [3.63, 3.8) is 0 Å². The lowest BCUT2D eigenvalue weighted by Gasteiger charge is -2.25. The van der Waals surface area contributed by atoms with Crippen LogP contribution in [0.3, 0.4) is 0 Å². The SMILES string of the molecule is CCCN(C(=O)C(N)Cc1ccccc1)S(=O)(=O)c1cccc2nsnc12. The molecule has 0 aliphatic carbocycles. The van der Waals surface area contributed by atoms with Gasteiger partial charge in [0.25, 0.3) is 15.9 Å². The van der Waals surface area contributed by atoms with E-state index < -0.39 is 22.0 Å². The minimum absolute atomic E-state index is 0.0255. The van der Waals surface area contributed by atoms with Crippen molar-refractivity contribution in [3.8, 4) is 0 Å². The third-order valence-corrected chi connectivity index (χ3v) is 6.48. The van der Waals surface area contributed by atoms with Gasteiger partial charge < -0.3 is 5.73 Å². The summed E-state index contributed by atoms with van der Waals surface area (Å²) in [5.41, 5.74) is 7.70. The molecule has 0 saturated carbocycles. The predicted octanol–water partition coefficient (Wildman–Crippen LogP) is 2.19. The van der Waals surface area contributed by atoms with E-state index in [1.807, 2.05) is 37.3 Å². The summed E-state index contributed by atoms with van der Waals surface area (Å²) in [6.45, 7) is 1.86. The molecule has 1 atom stereocenters. The highest BCUT2D eigenvalue weighted by Crippen LogP contribution is 2.25. The fourth-order valence-corrected chi connectivity index (χ4v) is 5.09. The molecule has 0 aliphatic heterocycles. The molecule has 1 aromatic heterocycles. The zero-order valence-electron chi connectivity index (χ0n) is 14.8. The molecule has 1 heterocycles. The molecule has 0 fully saturated rings. The topological polar surface area (TPSA) is 106 Å². The minimum Gasteiger partial charge on any atom is -0.320 e. The van der Waals surface area contributed by atoms with Crippen molar-refractivity contribution in [3.05, 3.63) is 54.1 Å². The number of fused-ring (bicyclic) bond motifs is 1. The molecule has 0 aliphatic rings. The zero-order valence-corrected chi connectivity index (χ0v) is 16.4. The van der Waals surface area contributed by atoms with Crippen molar-refractivity contribution >= 4 is 38.7 Å². The molecule has 27 heavy (non-hydrogen) atoms. The minimum atomic E-state index is -4.09. The number of carbonyl (C=O) groups is 1. The van der Waals surface area contributed by atoms with Crippen molar-refractivity contribution in [1.29, 1.82) is 0 Å². The second kappa shape index (κ2) is 8.12. The Morgan fingerprint density at radius 1 is 1.15 bits per heavy atom. The van der Waals surface area contributed by atoms with Gasteiger partial charge in [-0.15, -0.1) is 0 Å². The van der Waals surface area contributed by atoms with E-state index >= 15 is 0 Å². The first-order valence-electron chi connectivity index (χ1n) is 8.52. The van der Waals surface area contributed by atoms with E-state index in [2.05, 4.69) is 8.75 Å². The lowest BCUT2D eigenvalue weighted by Crippen LogP contribution is -2.48. The average Bonchev–Trinajstić information content (AvgIpc) is 3.14. The van der Waals surface area contributed by atoms with Gasteiger partial charge in [-0.2, -0.15) is 8.75 Å². The molecule has 0 saturated heterocycles. The summed E-state index contributed by atoms with van der Waals surface area (Å²) in [7, 11) is -4.09. The van der Waals surface area contributed by atoms with Crippen LogP contribution in [0.4, 0.5) is 0 Å². The van der Waals surface area contributed by atoms with E-state index in [0.29, 0.717) is 11.9 Å². The monoisotopic (exact) mass is 404 g/mol. The van der Waals surface area contributed by atoms with E-state index in [1.54, 1.807) is 12.1 Å². The van der Waals surface area contributed by atoms with Crippen molar-refractivity contribution < 1.29 is 13.2 Å². The van der Waals surface area contributed by atoms with Crippen LogP contribution in [0, 0.1) is 0 Å². The Kier molecular flexibility index (Phi) is 5.83. The zero-order chi connectivity index (χ0) is 19.4. The summed E-state index contributed by atoms with van der Waals surface area (Å²) in [6.07, 6.45) is 0.742. The average molecular weight is 405 g/mol. The third kappa shape index (κ3) is 4.00. The Bertz CT molecular complexity index is 1030. The Morgan fingerprint density at radius 3 is 2.59 bits per heavy atom. The van der Waals surface area contributed by atoms with E-state index in [0.717, 1.165) is 21.6 Å². The number of aromatic nitrogens is 2. The second-order valence-electron chi connectivity index (χ2n) is 6.10. The van der Waals surface area contributed by atoms with Gasteiger partial charge in [0, 0.05) is 6.54 Å². The number of hydrogen-bond acceptors (Lipinski definition) is 7. The van der Waals surface area contributed by atoms with E-state index in [9.17, 15) is 13.2 Å². The van der Waals surface area contributed by atoms with Crippen LogP contribution in [0.25, 0.3) is 11.0 Å². The smallest absolute Gasteiger partial charge is 0.268 e. The van der Waals surface area contributed by atoms with Gasteiger partial charge in [0.1, 0.15) is 15.9 Å². The first-order chi connectivity index (χ1) is 12.9. The molecule has 3 aromatic rings. The largest absolute Gasteiger partial charge is 0.320 e. The van der Waals surface area contributed by atoms with E-state index in [4.69, 9.17) is 5.73 Å². The van der Waals surface area contributed by atoms with Gasteiger partial charge in [-0.05, 0) is 30.5 Å². The third-order valence-electron chi connectivity index (χ3n) is 4.11. The molecule has 1 unspecified atom stereocenters. The molecule has 0 spiro atoms. The maximum absolute atomic E-state index is 13.2. The van der Waals surface area contributed by atoms with Gasteiger partial charge in [-0.25, -0.2) is 12.7 Å². The summed E-state index contributed by atoms with van der Waals surface area (Å²) >= 11 is 0.932. The number of sulfonamides is 1. The lowest BCUT2D eigenvalue weighted by atomic mass is 10.1. The van der Waals surface area contributed by atoms with Crippen molar-refractivity contribution in [1.82, 2.24) is 13.1 Å². The van der Waals surface area contributed by atoms with Gasteiger partial charge in [0.05, 0.1) is 17.8 Å². The normalized spacial score (nSPS) is 12.8. The highest BCUT2D eigenvalue weighted by atomic mass is 32.2. The summed E-state index contributed by atoms with van der Waals surface area (Å²) in [5, 5.41) is 0. The Hall–Kier alpha value is -2.36. The first kappa shape index (κ1) is 19.4. The molecular weight excluding hydrogens is 384 g/mol. The number of benzene rings is 2. The number of hydrogen-bond donors (Lipinski definition) is 1. The van der Waals surface area contributed by atoms with Gasteiger partial charge >= 0.3 is 0 Å². The van der Waals surface area contributed by atoms with E-state index in [1.165, 1.54) is 6.07 Å². The Labute approximate surface area is 162 Å². The molecule has 142 valence electrons. The number of nitrogens with two attached hydrogens (primary N) is 1. The van der Waals surface area contributed by atoms with Gasteiger partial charge in [0.15, 0.2) is 0 Å². The number of carbonyl (C=O) groups excluding carboxylic acids is 1. The predicted molar refractivity (Wildman–Crippen MR) is 105 cm³/mol. The van der Waals surface area contributed by atoms with Gasteiger partial charge in [-0.3, -0.25) is 4.79 Å². The van der Waals surface area contributed by atoms with Crippen LogP contribution in [0.15, 0.2) is 53.4 Å². The molecular formula is C18H20N4O3S2. The van der Waals surface area contributed by atoms with Crippen molar-refractivity contribution in [2.24, 2.45) is 5.73 Å². The fraction of sp³-hybridized carbons (Fsp3) is 0.278. The Balaban J connectivity index is 1.94. The summed E-state index contributed by atoms with van der Waals surface area (Å²) in [4.78, 5) is 12.9. The van der Waals surface area contributed by atoms with Crippen LogP contribution in [-0.2, 0) is 21.2 Å². The van der Waals surface area contributed by atoms with Crippen LogP contribution >= 0.6 is 11.7 Å². The summed E-state index contributed by atoms with van der Waals surface area (Å²) in [6, 6.07) is 13.0. The van der Waals surface area contributed by atoms with Gasteiger partial charge in [-0.1, -0.05) is 43.3 Å². The van der Waals surface area contributed by atoms with Crippen LogP contribution in [0.5, 0.6) is 0 Å². The van der Waals surface area contributed by atoms with E-state index in [-0.39, 0.29) is 23.4 Å². The maximum Gasteiger partial charge on any atom is 0.268 e. The van der Waals surface area contributed by atoms with Crippen LogP contribution in [0.2, 0.25) is 0 Å². The Morgan fingerprint density at radius 2 is 1.89 bits per heavy atom. The lowest BCUT2D eigenvalue weighted by molar-refractivity contribution is -0.127. The number of nitrogens with zero attached hydrogens (tertiary/aromatic N) is 3. The summed E-state index contributed by atoms with van der Waals surface area (Å²) < 4.78 is 35.5. The molecule has 3 rings (SSSR count). The first-order valence-corrected chi connectivity index (χ1v) is 10.7. The number of amides is 1. The molecule has 0 bridgehead atoms. The highest BCUT2D eigenvalue weighted by Gasteiger charge is 2.33. The standard InChI is InChI=1S/C18H20N4O3S2/c1-2-11-22(18(23)14(19)12-13-7-4-3-5-8-13)27(24,25)16-10-6-9-15-17(16)21-26-20-15/h3-10,14H,2,11-12,19H2,1H3.